The number of rotatable bonds is 0. The Labute approximate surface area is 76.7 Å². The van der Waals surface area contributed by atoms with Crippen molar-refractivity contribution in [1.82, 2.24) is 0 Å². The van der Waals surface area contributed by atoms with Crippen LogP contribution in [0.4, 0.5) is 0 Å². The number of hydrogen-bond acceptors (Lipinski definition) is 0. The highest BCUT2D eigenvalue weighted by molar-refractivity contribution is 5.06. The van der Waals surface area contributed by atoms with E-state index < -0.39 is 0 Å². The van der Waals surface area contributed by atoms with Gasteiger partial charge in [0.2, 0.25) is 0 Å². The first-order chi connectivity index (χ1) is 5.86. The van der Waals surface area contributed by atoms with Gasteiger partial charge in [-0.3, -0.25) is 0 Å². The lowest BCUT2D eigenvalue weighted by Gasteiger charge is -1.96. The summed E-state index contributed by atoms with van der Waals surface area (Å²) in [4.78, 5) is 0. The van der Waals surface area contributed by atoms with Gasteiger partial charge in [-0.2, -0.15) is 0 Å². The highest BCUT2D eigenvalue weighted by Crippen LogP contribution is 2.38. The van der Waals surface area contributed by atoms with Crippen molar-refractivity contribution < 1.29 is 0 Å². The number of allylic oxidation sites excluding steroid dienone is 3. The maximum Gasteiger partial charge on any atom is -0.0228 e. The van der Waals surface area contributed by atoms with Crippen molar-refractivity contribution in [3.8, 4) is 0 Å². The fourth-order valence-electron chi connectivity index (χ4n) is 1.72. The molecule has 1 saturated carbocycles. The SMILES string of the molecule is C1=CC2CCC1C2.C=C.C=CC. The monoisotopic (exact) mass is 164 g/mol. The summed E-state index contributed by atoms with van der Waals surface area (Å²) in [6.45, 7) is 11.2. The zero-order valence-electron chi connectivity index (χ0n) is 8.13. The molecule has 1 fully saturated rings. The van der Waals surface area contributed by atoms with Crippen LogP contribution in [-0.2, 0) is 0 Å². The lowest BCUT2D eigenvalue weighted by atomic mass is 10.1. The summed E-state index contributed by atoms with van der Waals surface area (Å²) in [6.07, 6.45) is 10.9. The van der Waals surface area contributed by atoms with Gasteiger partial charge in [0.1, 0.15) is 0 Å². The minimum absolute atomic E-state index is 0.991. The molecule has 0 aromatic heterocycles. The number of fused-ring (bicyclic) bond motifs is 2. The summed E-state index contributed by atoms with van der Waals surface area (Å²) in [7, 11) is 0. The Kier molecular flexibility index (Phi) is 6.45. The molecule has 2 rings (SSSR count). The maximum atomic E-state index is 3.36. The third kappa shape index (κ3) is 3.56. The molecule has 0 saturated heterocycles. The van der Waals surface area contributed by atoms with Crippen molar-refractivity contribution >= 4 is 0 Å². The Bertz CT molecular complexity index is 132. The Balaban J connectivity index is 0.000000211. The molecule has 68 valence electrons. The van der Waals surface area contributed by atoms with E-state index in [4.69, 9.17) is 0 Å². The van der Waals surface area contributed by atoms with Crippen LogP contribution in [0.2, 0.25) is 0 Å². The smallest absolute Gasteiger partial charge is 0.0228 e. The highest BCUT2D eigenvalue weighted by atomic mass is 14.3. The van der Waals surface area contributed by atoms with Crippen molar-refractivity contribution in [2.24, 2.45) is 11.8 Å². The third-order valence-corrected chi connectivity index (χ3v) is 2.17. The summed E-state index contributed by atoms with van der Waals surface area (Å²) < 4.78 is 0. The van der Waals surface area contributed by atoms with Gasteiger partial charge < -0.3 is 0 Å². The van der Waals surface area contributed by atoms with Crippen molar-refractivity contribution in [2.45, 2.75) is 26.2 Å². The van der Waals surface area contributed by atoms with E-state index >= 15 is 0 Å². The zero-order valence-corrected chi connectivity index (χ0v) is 8.13. The van der Waals surface area contributed by atoms with E-state index in [-0.39, 0.29) is 0 Å². The molecule has 0 amide bonds. The molecule has 0 aliphatic heterocycles. The standard InChI is InChI=1S/C7H10.C3H6.C2H4/c1-2-7-4-3-6(1)5-7;1-3-2;1-2/h1-2,6-7H,3-5H2;3H,1H2,2H3;1-2H2. The van der Waals surface area contributed by atoms with Crippen molar-refractivity contribution in [3.05, 3.63) is 38.0 Å². The molecule has 0 radical (unpaired) electrons. The summed E-state index contributed by atoms with van der Waals surface area (Å²) >= 11 is 0. The van der Waals surface area contributed by atoms with Crippen LogP contribution in [0.25, 0.3) is 0 Å². The fourth-order valence-corrected chi connectivity index (χ4v) is 1.72. The second-order valence-corrected chi connectivity index (χ2v) is 3.13. The second kappa shape index (κ2) is 6.90. The first-order valence-corrected chi connectivity index (χ1v) is 4.62. The molecule has 2 aliphatic carbocycles. The predicted octanol–water partition coefficient (Wildman–Crippen LogP) is 3.97. The molecule has 0 spiro atoms. The first-order valence-electron chi connectivity index (χ1n) is 4.62. The van der Waals surface area contributed by atoms with Crippen molar-refractivity contribution in [1.29, 1.82) is 0 Å². The van der Waals surface area contributed by atoms with Crippen LogP contribution in [0.1, 0.15) is 26.2 Å². The predicted molar refractivity (Wildman–Crippen MR) is 57.1 cm³/mol. The average Bonchev–Trinajstić information content (AvgIpc) is 2.72. The first kappa shape index (κ1) is 11.2. The Morgan fingerprint density at radius 2 is 1.50 bits per heavy atom. The van der Waals surface area contributed by atoms with Crippen LogP contribution in [-0.4, -0.2) is 0 Å². The molecule has 0 aromatic carbocycles. The van der Waals surface area contributed by atoms with Gasteiger partial charge in [0, 0.05) is 0 Å². The minimum Gasteiger partial charge on any atom is -0.106 e. The second-order valence-electron chi connectivity index (χ2n) is 3.13. The van der Waals surface area contributed by atoms with Gasteiger partial charge in [0.05, 0.1) is 0 Å². The molecule has 0 aromatic rings. The van der Waals surface area contributed by atoms with E-state index in [9.17, 15) is 0 Å². The molecule has 12 heavy (non-hydrogen) atoms. The average molecular weight is 164 g/mol. The molecule has 0 N–H and O–H groups in total. The Morgan fingerprint density at radius 3 is 1.58 bits per heavy atom. The van der Waals surface area contributed by atoms with Gasteiger partial charge in [-0.1, -0.05) is 18.2 Å². The van der Waals surface area contributed by atoms with E-state index in [1.54, 1.807) is 6.08 Å². The third-order valence-electron chi connectivity index (χ3n) is 2.17. The topological polar surface area (TPSA) is 0 Å². The molecule has 0 nitrogen and oxygen atoms in total. The van der Waals surface area contributed by atoms with Gasteiger partial charge in [0.15, 0.2) is 0 Å². The van der Waals surface area contributed by atoms with Crippen LogP contribution < -0.4 is 0 Å². The number of hydrogen-bond donors (Lipinski definition) is 0. The Hall–Kier alpha value is -0.780. The molecular weight excluding hydrogens is 144 g/mol. The van der Waals surface area contributed by atoms with E-state index in [0.29, 0.717) is 0 Å². The quantitative estimate of drug-likeness (QED) is 0.475. The normalized spacial score (nSPS) is 28.1. The largest absolute Gasteiger partial charge is 0.106 e. The minimum atomic E-state index is 0.991. The van der Waals surface area contributed by atoms with E-state index in [1.165, 1.54) is 19.3 Å². The van der Waals surface area contributed by atoms with Crippen molar-refractivity contribution in [3.63, 3.8) is 0 Å². The van der Waals surface area contributed by atoms with Crippen LogP contribution in [0.3, 0.4) is 0 Å². The van der Waals surface area contributed by atoms with Gasteiger partial charge in [-0.05, 0) is 38.0 Å². The molecule has 2 aliphatic rings. The van der Waals surface area contributed by atoms with Gasteiger partial charge in [0.25, 0.3) is 0 Å². The summed E-state index contributed by atoms with van der Waals surface area (Å²) in [5.41, 5.74) is 0. The van der Waals surface area contributed by atoms with Crippen LogP contribution in [0.15, 0.2) is 38.0 Å². The zero-order chi connectivity index (χ0) is 9.40. The van der Waals surface area contributed by atoms with Crippen molar-refractivity contribution in [2.75, 3.05) is 0 Å². The molecule has 2 bridgehead atoms. The van der Waals surface area contributed by atoms with Gasteiger partial charge in [-0.25, -0.2) is 0 Å². The molecule has 2 unspecified atom stereocenters. The maximum absolute atomic E-state index is 3.36. The molecular formula is C12H20. The van der Waals surface area contributed by atoms with Gasteiger partial charge in [-0.15, -0.1) is 19.7 Å². The highest BCUT2D eigenvalue weighted by Gasteiger charge is 2.25. The summed E-state index contributed by atoms with van der Waals surface area (Å²) in [6, 6.07) is 0. The van der Waals surface area contributed by atoms with E-state index in [1.807, 2.05) is 6.92 Å². The van der Waals surface area contributed by atoms with Crippen LogP contribution in [0.5, 0.6) is 0 Å². The lowest BCUT2D eigenvalue weighted by molar-refractivity contribution is 0.691. The molecule has 2 atom stereocenters. The summed E-state index contributed by atoms with van der Waals surface area (Å²) in [5, 5.41) is 0. The lowest BCUT2D eigenvalue weighted by Crippen LogP contribution is -1.82. The van der Waals surface area contributed by atoms with E-state index in [2.05, 4.69) is 31.9 Å². The summed E-state index contributed by atoms with van der Waals surface area (Å²) in [5.74, 6) is 1.98. The van der Waals surface area contributed by atoms with E-state index in [0.717, 1.165) is 11.8 Å². The van der Waals surface area contributed by atoms with Crippen LogP contribution in [0, 0.1) is 11.8 Å². The molecule has 0 heterocycles. The van der Waals surface area contributed by atoms with Crippen LogP contribution >= 0.6 is 0 Å². The molecule has 0 heteroatoms. The Morgan fingerprint density at radius 1 is 1.17 bits per heavy atom. The van der Waals surface area contributed by atoms with Gasteiger partial charge >= 0.3 is 0 Å². The fraction of sp³-hybridized carbons (Fsp3) is 0.500.